The number of nitrogens with two attached hydrogens (primary N) is 1. The molecule has 1 aromatic carbocycles. The molecule has 0 aromatic heterocycles. The predicted octanol–water partition coefficient (Wildman–Crippen LogP) is 1.81. The molecule has 1 fully saturated rings. The molecule has 3 N–H and O–H groups in total. The molecule has 18 heavy (non-hydrogen) atoms. The van der Waals surface area contributed by atoms with Crippen molar-refractivity contribution in [3.05, 3.63) is 35.4 Å². The first-order valence-corrected chi connectivity index (χ1v) is 5.98. The van der Waals surface area contributed by atoms with Crippen molar-refractivity contribution in [2.45, 2.75) is 37.8 Å². The van der Waals surface area contributed by atoms with Crippen molar-refractivity contribution in [2.75, 3.05) is 0 Å². The van der Waals surface area contributed by atoms with Crippen molar-refractivity contribution in [3.63, 3.8) is 0 Å². The van der Waals surface area contributed by atoms with Crippen LogP contribution in [-0.2, 0) is 10.3 Å². The fraction of sp³-hybridized carbons (Fsp3) is 0.462. The second kappa shape index (κ2) is 4.65. The van der Waals surface area contributed by atoms with Gasteiger partial charge in [-0.25, -0.2) is 8.78 Å². The maximum Gasteiger partial charge on any atom is 0.237 e. The Morgan fingerprint density at radius 1 is 1.44 bits per heavy atom. The third kappa shape index (κ3) is 2.22. The Bertz CT molecular complexity index is 470. The highest BCUT2D eigenvalue weighted by atomic mass is 19.1. The zero-order valence-electron chi connectivity index (χ0n) is 10.2. The molecule has 1 aromatic rings. The summed E-state index contributed by atoms with van der Waals surface area (Å²) in [5, 5.41) is 2.78. The lowest BCUT2D eigenvalue weighted by Gasteiger charge is -2.43. The van der Waals surface area contributed by atoms with E-state index in [1.807, 2.05) is 0 Å². The summed E-state index contributed by atoms with van der Waals surface area (Å²) >= 11 is 0. The zero-order chi connectivity index (χ0) is 13.3. The molecular formula is C13H16F2N2O. The highest BCUT2D eigenvalue weighted by Crippen LogP contribution is 2.42. The Hall–Kier alpha value is -1.49. The van der Waals surface area contributed by atoms with Crippen molar-refractivity contribution in [1.29, 1.82) is 0 Å². The van der Waals surface area contributed by atoms with Crippen molar-refractivity contribution in [1.82, 2.24) is 5.32 Å². The van der Waals surface area contributed by atoms with Gasteiger partial charge in [0.2, 0.25) is 5.91 Å². The molecule has 0 heterocycles. The smallest absolute Gasteiger partial charge is 0.237 e. The van der Waals surface area contributed by atoms with Gasteiger partial charge in [0.1, 0.15) is 11.6 Å². The molecular weight excluding hydrogens is 238 g/mol. The molecule has 0 bridgehead atoms. The van der Waals surface area contributed by atoms with Crippen LogP contribution < -0.4 is 11.1 Å². The quantitative estimate of drug-likeness (QED) is 0.864. The first kappa shape index (κ1) is 13.0. The summed E-state index contributed by atoms with van der Waals surface area (Å²) in [7, 11) is 0. The van der Waals surface area contributed by atoms with E-state index in [9.17, 15) is 13.6 Å². The summed E-state index contributed by atoms with van der Waals surface area (Å²) in [6, 6.07) is 2.79. The monoisotopic (exact) mass is 254 g/mol. The first-order chi connectivity index (χ1) is 8.44. The van der Waals surface area contributed by atoms with Crippen LogP contribution in [0.15, 0.2) is 18.2 Å². The summed E-state index contributed by atoms with van der Waals surface area (Å²) in [6.45, 7) is 1.57. The minimum Gasteiger partial charge on any atom is -0.345 e. The number of benzene rings is 1. The predicted molar refractivity (Wildman–Crippen MR) is 63.7 cm³/mol. The topological polar surface area (TPSA) is 55.1 Å². The van der Waals surface area contributed by atoms with Crippen LogP contribution in [0.1, 0.15) is 31.7 Å². The number of rotatable bonds is 3. The van der Waals surface area contributed by atoms with Crippen LogP contribution in [-0.4, -0.2) is 11.9 Å². The van der Waals surface area contributed by atoms with E-state index in [2.05, 4.69) is 5.32 Å². The molecule has 98 valence electrons. The van der Waals surface area contributed by atoms with E-state index in [1.165, 1.54) is 12.1 Å². The largest absolute Gasteiger partial charge is 0.345 e. The van der Waals surface area contributed by atoms with Gasteiger partial charge in [-0.3, -0.25) is 4.79 Å². The highest BCUT2D eigenvalue weighted by molar-refractivity contribution is 5.82. The van der Waals surface area contributed by atoms with Crippen LogP contribution in [0, 0.1) is 11.6 Å². The number of halogens is 2. The van der Waals surface area contributed by atoms with Gasteiger partial charge in [0, 0.05) is 11.6 Å². The Labute approximate surface area is 104 Å². The van der Waals surface area contributed by atoms with Gasteiger partial charge in [0.05, 0.1) is 11.6 Å². The van der Waals surface area contributed by atoms with E-state index in [0.717, 1.165) is 12.5 Å². The maximum atomic E-state index is 13.8. The molecule has 0 radical (unpaired) electrons. The summed E-state index contributed by atoms with van der Waals surface area (Å²) in [5.74, 6) is -1.57. The molecule has 0 spiro atoms. The van der Waals surface area contributed by atoms with E-state index >= 15 is 0 Å². The first-order valence-electron chi connectivity index (χ1n) is 5.98. The van der Waals surface area contributed by atoms with Crippen molar-refractivity contribution >= 4 is 5.91 Å². The van der Waals surface area contributed by atoms with Crippen LogP contribution in [0.2, 0.25) is 0 Å². The molecule has 1 atom stereocenters. The van der Waals surface area contributed by atoms with Crippen molar-refractivity contribution < 1.29 is 13.6 Å². The van der Waals surface area contributed by atoms with Gasteiger partial charge < -0.3 is 11.1 Å². The molecule has 1 amide bonds. The molecule has 1 saturated carbocycles. The standard InChI is InChI=1S/C13H16F2N2O/c1-8(16)12(18)17-13(5-2-6-13)10-4-3-9(14)7-11(10)15/h3-4,7-8H,2,5-6,16H2,1H3,(H,17,18). The lowest BCUT2D eigenvalue weighted by Crippen LogP contribution is -2.55. The molecule has 2 rings (SSSR count). The third-order valence-corrected chi connectivity index (χ3v) is 3.43. The van der Waals surface area contributed by atoms with E-state index in [4.69, 9.17) is 5.73 Å². The minimum absolute atomic E-state index is 0.321. The van der Waals surface area contributed by atoms with Gasteiger partial charge in [-0.2, -0.15) is 0 Å². The van der Waals surface area contributed by atoms with Gasteiger partial charge in [-0.05, 0) is 32.3 Å². The normalized spacial score (nSPS) is 18.9. The summed E-state index contributed by atoms with van der Waals surface area (Å²) in [6.07, 6.45) is 2.19. The van der Waals surface area contributed by atoms with E-state index in [0.29, 0.717) is 18.4 Å². The summed E-state index contributed by atoms with van der Waals surface area (Å²) < 4.78 is 26.7. The average molecular weight is 254 g/mol. The average Bonchev–Trinajstić information content (AvgIpc) is 2.24. The number of amides is 1. The third-order valence-electron chi connectivity index (χ3n) is 3.43. The van der Waals surface area contributed by atoms with Crippen molar-refractivity contribution in [3.8, 4) is 0 Å². The highest BCUT2D eigenvalue weighted by Gasteiger charge is 2.42. The van der Waals surface area contributed by atoms with Gasteiger partial charge in [0.15, 0.2) is 0 Å². The van der Waals surface area contributed by atoms with Crippen LogP contribution in [0.3, 0.4) is 0 Å². The summed E-state index contributed by atoms with van der Waals surface area (Å²) in [5.41, 5.74) is 5.11. The maximum absolute atomic E-state index is 13.8. The second-order valence-electron chi connectivity index (χ2n) is 4.84. The van der Waals surface area contributed by atoms with Crippen molar-refractivity contribution in [2.24, 2.45) is 5.73 Å². The van der Waals surface area contributed by atoms with Crippen LogP contribution in [0.4, 0.5) is 8.78 Å². The fourth-order valence-corrected chi connectivity index (χ4v) is 2.22. The fourth-order valence-electron chi connectivity index (χ4n) is 2.22. The van der Waals surface area contributed by atoms with E-state index in [-0.39, 0.29) is 5.91 Å². The van der Waals surface area contributed by atoms with E-state index in [1.54, 1.807) is 6.92 Å². The Balaban J connectivity index is 2.29. The number of carbonyl (C=O) groups excluding carboxylic acids is 1. The lowest BCUT2D eigenvalue weighted by atomic mass is 9.71. The SMILES string of the molecule is CC(N)C(=O)NC1(c2ccc(F)cc2F)CCC1. The van der Waals surface area contributed by atoms with Gasteiger partial charge in [-0.1, -0.05) is 6.07 Å². The van der Waals surface area contributed by atoms with Crippen LogP contribution in [0.5, 0.6) is 0 Å². The van der Waals surface area contributed by atoms with Gasteiger partial charge >= 0.3 is 0 Å². The molecule has 1 unspecified atom stereocenters. The van der Waals surface area contributed by atoms with E-state index < -0.39 is 23.2 Å². The van der Waals surface area contributed by atoms with Gasteiger partial charge in [-0.15, -0.1) is 0 Å². The lowest BCUT2D eigenvalue weighted by molar-refractivity contribution is -0.125. The number of hydrogen-bond donors (Lipinski definition) is 2. The van der Waals surface area contributed by atoms with Crippen LogP contribution >= 0.6 is 0 Å². The number of hydrogen-bond acceptors (Lipinski definition) is 2. The van der Waals surface area contributed by atoms with Gasteiger partial charge in [0.25, 0.3) is 0 Å². The zero-order valence-corrected chi connectivity index (χ0v) is 10.2. The van der Waals surface area contributed by atoms with Crippen LogP contribution in [0.25, 0.3) is 0 Å². The Morgan fingerprint density at radius 2 is 2.11 bits per heavy atom. The second-order valence-corrected chi connectivity index (χ2v) is 4.84. The molecule has 1 aliphatic rings. The molecule has 0 aliphatic heterocycles. The number of nitrogens with one attached hydrogen (secondary N) is 1. The molecule has 1 aliphatic carbocycles. The molecule has 3 nitrogen and oxygen atoms in total. The molecule has 5 heteroatoms. The number of carbonyl (C=O) groups is 1. The minimum atomic E-state index is -0.720. The summed E-state index contributed by atoms with van der Waals surface area (Å²) in [4.78, 5) is 11.7. The Kier molecular flexibility index (Phi) is 3.34. The Morgan fingerprint density at radius 3 is 2.56 bits per heavy atom. The molecule has 0 saturated heterocycles.